The van der Waals surface area contributed by atoms with E-state index in [9.17, 15) is 4.79 Å². The standard InChI is InChI=1S/C24H32ClN5O/c1-18-5-10-26-24(28-18)30-13-8-21(9-14-30)23(31)27-16-19-6-11-29(12-7-19)17-20-3-2-4-22(25)15-20/h2-5,10,15,19,21H,6-9,11-14,16-17H2,1H3,(H,27,31). The Morgan fingerprint density at radius 2 is 1.90 bits per heavy atom. The minimum Gasteiger partial charge on any atom is -0.356 e. The van der Waals surface area contributed by atoms with E-state index in [2.05, 4.69) is 31.2 Å². The average Bonchev–Trinajstić information content (AvgIpc) is 2.78. The molecule has 6 nitrogen and oxygen atoms in total. The Hall–Kier alpha value is -2.18. The SMILES string of the molecule is Cc1ccnc(N2CCC(C(=O)NCC3CCN(Cc4cccc(Cl)c4)CC3)CC2)n1. The zero-order valence-electron chi connectivity index (χ0n) is 18.3. The van der Waals surface area contributed by atoms with Crippen LogP contribution >= 0.6 is 11.6 Å². The first kappa shape index (κ1) is 22.0. The molecule has 0 unspecified atom stereocenters. The number of likely N-dealkylation sites (tertiary alicyclic amines) is 1. The van der Waals surface area contributed by atoms with E-state index in [0.29, 0.717) is 5.92 Å². The number of hydrogen-bond acceptors (Lipinski definition) is 5. The van der Waals surface area contributed by atoms with E-state index in [0.717, 1.165) is 81.6 Å². The highest BCUT2D eigenvalue weighted by Crippen LogP contribution is 2.22. The van der Waals surface area contributed by atoms with Crippen molar-refractivity contribution in [3.8, 4) is 0 Å². The van der Waals surface area contributed by atoms with Crippen LogP contribution in [0.4, 0.5) is 5.95 Å². The lowest BCUT2D eigenvalue weighted by atomic mass is 9.94. The van der Waals surface area contributed by atoms with Gasteiger partial charge in [0, 0.05) is 49.0 Å². The number of rotatable bonds is 6. The van der Waals surface area contributed by atoms with Crippen LogP contribution in [-0.2, 0) is 11.3 Å². The van der Waals surface area contributed by atoms with Crippen LogP contribution in [0.3, 0.4) is 0 Å². The van der Waals surface area contributed by atoms with Crippen molar-refractivity contribution in [1.29, 1.82) is 0 Å². The molecule has 0 saturated carbocycles. The van der Waals surface area contributed by atoms with E-state index >= 15 is 0 Å². The molecule has 1 aromatic heterocycles. The lowest BCUT2D eigenvalue weighted by Crippen LogP contribution is -2.43. The van der Waals surface area contributed by atoms with Crippen LogP contribution in [0, 0.1) is 18.8 Å². The number of amides is 1. The number of nitrogens with zero attached hydrogens (tertiary/aromatic N) is 4. The maximum Gasteiger partial charge on any atom is 0.225 e. The van der Waals surface area contributed by atoms with Gasteiger partial charge in [-0.25, -0.2) is 9.97 Å². The molecule has 2 aromatic rings. The molecule has 2 saturated heterocycles. The van der Waals surface area contributed by atoms with Crippen molar-refractivity contribution >= 4 is 23.5 Å². The maximum absolute atomic E-state index is 12.7. The fraction of sp³-hybridized carbons (Fsp3) is 0.542. The van der Waals surface area contributed by atoms with Gasteiger partial charge < -0.3 is 10.2 Å². The lowest BCUT2D eigenvalue weighted by molar-refractivity contribution is -0.125. The fourth-order valence-electron chi connectivity index (χ4n) is 4.56. The number of anilines is 1. The topological polar surface area (TPSA) is 61.4 Å². The van der Waals surface area contributed by atoms with E-state index in [1.54, 1.807) is 6.20 Å². The highest BCUT2D eigenvalue weighted by atomic mass is 35.5. The largest absolute Gasteiger partial charge is 0.356 e. The van der Waals surface area contributed by atoms with Gasteiger partial charge in [-0.1, -0.05) is 23.7 Å². The van der Waals surface area contributed by atoms with Gasteiger partial charge in [0.25, 0.3) is 0 Å². The van der Waals surface area contributed by atoms with Gasteiger partial charge in [-0.3, -0.25) is 9.69 Å². The second-order valence-electron chi connectivity index (χ2n) is 8.85. The smallest absolute Gasteiger partial charge is 0.225 e. The third-order valence-electron chi connectivity index (χ3n) is 6.50. The normalized spacial score (nSPS) is 18.8. The second kappa shape index (κ2) is 10.4. The van der Waals surface area contributed by atoms with E-state index < -0.39 is 0 Å². The van der Waals surface area contributed by atoms with Gasteiger partial charge in [0.2, 0.25) is 11.9 Å². The van der Waals surface area contributed by atoms with Crippen LogP contribution in [0.2, 0.25) is 5.02 Å². The Balaban J connectivity index is 1.16. The molecule has 0 aliphatic carbocycles. The predicted octanol–water partition coefficient (Wildman–Crippen LogP) is 3.68. The van der Waals surface area contributed by atoms with Crippen molar-refractivity contribution in [2.45, 2.75) is 39.2 Å². The summed E-state index contributed by atoms with van der Waals surface area (Å²) in [6, 6.07) is 10.0. The Bertz CT molecular complexity index is 876. The summed E-state index contributed by atoms with van der Waals surface area (Å²) in [6.07, 6.45) is 5.78. The van der Waals surface area contributed by atoms with Gasteiger partial charge in [0.1, 0.15) is 0 Å². The summed E-state index contributed by atoms with van der Waals surface area (Å²) in [7, 11) is 0. The van der Waals surface area contributed by atoms with E-state index in [1.165, 1.54) is 5.56 Å². The third kappa shape index (κ3) is 6.17. The van der Waals surface area contributed by atoms with E-state index in [-0.39, 0.29) is 11.8 Å². The first-order chi connectivity index (χ1) is 15.1. The van der Waals surface area contributed by atoms with Gasteiger partial charge in [0.05, 0.1) is 0 Å². The quantitative estimate of drug-likeness (QED) is 0.740. The van der Waals surface area contributed by atoms with Gasteiger partial charge in [-0.2, -0.15) is 0 Å². The van der Waals surface area contributed by atoms with Crippen LogP contribution in [0.15, 0.2) is 36.5 Å². The molecule has 166 valence electrons. The molecule has 0 atom stereocenters. The Morgan fingerprint density at radius 3 is 2.61 bits per heavy atom. The number of aromatic nitrogens is 2. The Kier molecular flexibility index (Phi) is 7.41. The molecule has 4 rings (SSSR count). The first-order valence-corrected chi connectivity index (χ1v) is 11.7. The summed E-state index contributed by atoms with van der Waals surface area (Å²) in [5, 5.41) is 4.03. The van der Waals surface area contributed by atoms with Gasteiger partial charge >= 0.3 is 0 Å². The molecular weight excluding hydrogens is 410 g/mol. The van der Waals surface area contributed by atoms with E-state index in [1.807, 2.05) is 31.2 Å². The van der Waals surface area contributed by atoms with E-state index in [4.69, 9.17) is 11.6 Å². The summed E-state index contributed by atoms with van der Waals surface area (Å²) >= 11 is 6.10. The molecule has 31 heavy (non-hydrogen) atoms. The number of carbonyl (C=O) groups excluding carboxylic acids is 1. The second-order valence-corrected chi connectivity index (χ2v) is 9.29. The molecule has 1 aromatic carbocycles. The van der Waals surface area contributed by atoms with Crippen molar-refractivity contribution in [3.05, 3.63) is 52.8 Å². The van der Waals surface area contributed by atoms with Crippen molar-refractivity contribution in [2.24, 2.45) is 11.8 Å². The van der Waals surface area contributed by atoms with Crippen molar-refractivity contribution in [2.75, 3.05) is 37.6 Å². The minimum atomic E-state index is 0.101. The Labute approximate surface area is 190 Å². The van der Waals surface area contributed by atoms with Crippen LogP contribution in [0.25, 0.3) is 0 Å². The zero-order chi connectivity index (χ0) is 21.6. The maximum atomic E-state index is 12.7. The molecule has 0 radical (unpaired) electrons. The van der Waals surface area contributed by atoms with Crippen molar-refractivity contribution < 1.29 is 4.79 Å². The van der Waals surface area contributed by atoms with Crippen LogP contribution in [0.1, 0.15) is 36.9 Å². The molecule has 2 aliphatic heterocycles. The number of hydrogen-bond donors (Lipinski definition) is 1. The highest BCUT2D eigenvalue weighted by Gasteiger charge is 2.27. The van der Waals surface area contributed by atoms with Gasteiger partial charge in [0.15, 0.2) is 0 Å². The first-order valence-electron chi connectivity index (χ1n) is 11.4. The lowest BCUT2D eigenvalue weighted by Gasteiger charge is -2.33. The molecule has 2 fully saturated rings. The van der Waals surface area contributed by atoms with Crippen LogP contribution < -0.4 is 10.2 Å². The molecule has 2 aliphatic rings. The summed E-state index contributed by atoms with van der Waals surface area (Å²) in [5.41, 5.74) is 2.24. The number of aryl methyl sites for hydroxylation is 1. The number of benzene rings is 1. The number of carbonyl (C=O) groups is 1. The van der Waals surface area contributed by atoms with Crippen molar-refractivity contribution in [3.63, 3.8) is 0 Å². The molecule has 3 heterocycles. The molecule has 0 bridgehead atoms. The van der Waals surface area contributed by atoms with Crippen LogP contribution in [-0.4, -0.2) is 53.5 Å². The monoisotopic (exact) mass is 441 g/mol. The van der Waals surface area contributed by atoms with Gasteiger partial charge in [-0.05, 0) is 75.4 Å². The summed E-state index contributed by atoms with van der Waals surface area (Å²) < 4.78 is 0. The summed E-state index contributed by atoms with van der Waals surface area (Å²) in [4.78, 5) is 26.2. The van der Waals surface area contributed by atoms with Gasteiger partial charge in [-0.15, -0.1) is 0 Å². The molecule has 7 heteroatoms. The van der Waals surface area contributed by atoms with Crippen molar-refractivity contribution in [1.82, 2.24) is 20.2 Å². The molecule has 1 N–H and O–H groups in total. The highest BCUT2D eigenvalue weighted by molar-refractivity contribution is 6.30. The molecular formula is C24H32ClN5O. The summed E-state index contributed by atoms with van der Waals surface area (Å²) in [5.74, 6) is 1.67. The average molecular weight is 442 g/mol. The number of piperidine rings is 2. The zero-order valence-corrected chi connectivity index (χ0v) is 19.0. The third-order valence-corrected chi connectivity index (χ3v) is 6.73. The predicted molar refractivity (Wildman–Crippen MR) is 124 cm³/mol. The summed E-state index contributed by atoms with van der Waals surface area (Å²) in [6.45, 7) is 7.54. The molecule has 1 amide bonds. The Morgan fingerprint density at radius 1 is 1.13 bits per heavy atom. The minimum absolute atomic E-state index is 0.101. The fourth-order valence-corrected chi connectivity index (χ4v) is 4.77. The van der Waals surface area contributed by atoms with Crippen LogP contribution in [0.5, 0.6) is 0 Å². The number of halogens is 1. The molecule has 0 spiro atoms. The number of nitrogens with one attached hydrogen (secondary N) is 1.